The van der Waals surface area contributed by atoms with Crippen molar-refractivity contribution in [2.24, 2.45) is 0 Å². The van der Waals surface area contributed by atoms with Gasteiger partial charge in [0.1, 0.15) is 5.75 Å². The first-order valence-corrected chi connectivity index (χ1v) is 7.23. The zero-order valence-electron chi connectivity index (χ0n) is 10.9. The maximum absolute atomic E-state index is 11.2. The lowest BCUT2D eigenvalue weighted by atomic mass is 10.1. The molecule has 3 nitrogen and oxygen atoms in total. The number of halogens is 1. The van der Waals surface area contributed by atoms with E-state index in [0.29, 0.717) is 13.0 Å². The van der Waals surface area contributed by atoms with Gasteiger partial charge in [-0.3, -0.25) is 4.79 Å². The number of hydrogen-bond acceptors (Lipinski definition) is 3. The van der Waals surface area contributed by atoms with Crippen molar-refractivity contribution in [2.45, 2.75) is 32.6 Å². The molecule has 0 aliphatic heterocycles. The lowest BCUT2D eigenvalue weighted by Gasteiger charge is -2.06. The molecule has 100 valence electrons. The van der Waals surface area contributed by atoms with Gasteiger partial charge in [0.15, 0.2) is 0 Å². The first kappa shape index (κ1) is 15.3. The summed E-state index contributed by atoms with van der Waals surface area (Å²) in [5.41, 5.74) is 1.28. The summed E-state index contributed by atoms with van der Waals surface area (Å²) in [6.07, 6.45) is 3.38. The molecule has 18 heavy (non-hydrogen) atoms. The van der Waals surface area contributed by atoms with Gasteiger partial charge in [-0.2, -0.15) is 0 Å². The summed E-state index contributed by atoms with van der Waals surface area (Å²) in [7, 11) is 1.68. The Labute approximate surface area is 122 Å². The number of carbonyl (C=O) groups excluding carboxylic acids is 1. The van der Waals surface area contributed by atoms with Crippen molar-refractivity contribution >= 4 is 28.6 Å². The third kappa shape index (κ3) is 5.25. The van der Waals surface area contributed by atoms with Crippen molar-refractivity contribution in [3.63, 3.8) is 0 Å². The van der Waals surface area contributed by atoms with E-state index in [2.05, 4.69) is 34.7 Å². The van der Waals surface area contributed by atoms with Crippen molar-refractivity contribution in [3.8, 4) is 5.75 Å². The van der Waals surface area contributed by atoms with Gasteiger partial charge in [-0.1, -0.05) is 6.07 Å². The predicted molar refractivity (Wildman–Crippen MR) is 79.9 cm³/mol. The first-order valence-electron chi connectivity index (χ1n) is 6.15. The summed E-state index contributed by atoms with van der Waals surface area (Å²) in [6.45, 7) is 2.30. The molecule has 0 unspecified atom stereocenters. The van der Waals surface area contributed by atoms with Crippen molar-refractivity contribution in [3.05, 3.63) is 27.3 Å². The van der Waals surface area contributed by atoms with E-state index in [4.69, 9.17) is 9.47 Å². The highest BCUT2D eigenvalue weighted by molar-refractivity contribution is 14.1. The summed E-state index contributed by atoms with van der Waals surface area (Å²) in [5.74, 6) is 0.813. The molecule has 4 heteroatoms. The van der Waals surface area contributed by atoms with Gasteiger partial charge >= 0.3 is 5.97 Å². The number of rotatable bonds is 7. The van der Waals surface area contributed by atoms with E-state index in [1.54, 1.807) is 7.11 Å². The van der Waals surface area contributed by atoms with Gasteiger partial charge in [0, 0.05) is 6.42 Å². The van der Waals surface area contributed by atoms with Gasteiger partial charge in [-0.05, 0) is 66.5 Å². The molecule has 0 bridgehead atoms. The standard InChI is InChI=1S/C14H19IO3/c1-3-18-14(16)7-5-4-6-11-8-9-13(17-2)12(15)10-11/h8-10H,3-7H2,1-2H3. The van der Waals surface area contributed by atoms with Crippen molar-refractivity contribution < 1.29 is 14.3 Å². The van der Waals surface area contributed by atoms with Crippen LogP contribution in [-0.4, -0.2) is 19.7 Å². The zero-order valence-corrected chi connectivity index (χ0v) is 13.0. The Balaban J connectivity index is 2.31. The molecule has 0 fully saturated rings. The van der Waals surface area contributed by atoms with Crippen LogP contribution in [0.2, 0.25) is 0 Å². The molecule has 0 aromatic heterocycles. The summed E-state index contributed by atoms with van der Waals surface area (Å²) in [4.78, 5) is 11.2. The normalized spacial score (nSPS) is 10.2. The van der Waals surface area contributed by atoms with Crippen LogP contribution in [0.25, 0.3) is 0 Å². The van der Waals surface area contributed by atoms with Crippen molar-refractivity contribution in [1.82, 2.24) is 0 Å². The largest absolute Gasteiger partial charge is 0.496 e. The molecule has 1 aromatic carbocycles. The highest BCUT2D eigenvalue weighted by Crippen LogP contribution is 2.22. The predicted octanol–water partition coefficient (Wildman–Crippen LogP) is 3.58. The minimum Gasteiger partial charge on any atom is -0.496 e. The minimum atomic E-state index is -0.0955. The molecule has 0 spiro atoms. The fraction of sp³-hybridized carbons (Fsp3) is 0.500. The monoisotopic (exact) mass is 362 g/mol. The first-order chi connectivity index (χ1) is 8.67. The highest BCUT2D eigenvalue weighted by Gasteiger charge is 2.03. The Morgan fingerprint density at radius 2 is 2.11 bits per heavy atom. The van der Waals surface area contributed by atoms with Crippen LogP contribution in [0.4, 0.5) is 0 Å². The molecule has 1 rings (SSSR count). The molecular weight excluding hydrogens is 343 g/mol. The summed E-state index contributed by atoms with van der Waals surface area (Å²) in [5, 5.41) is 0. The second-order valence-corrected chi connectivity index (χ2v) is 5.14. The Hall–Kier alpha value is -0.780. The third-order valence-electron chi connectivity index (χ3n) is 2.62. The van der Waals surface area contributed by atoms with Gasteiger partial charge in [0.25, 0.3) is 0 Å². The maximum Gasteiger partial charge on any atom is 0.305 e. The van der Waals surface area contributed by atoms with Crippen molar-refractivity contribution in [2.75, 3.05) is 13.7 Å². The van der Waals surface area contributed by atoms with Crippen LogP contribution in [0.15, 0.2) is 18.2 Å². The third-order valence-corrected chi connectivity index (χ3v) is 3.46. The lowest BCUT2D eigenvalue weighted by Crippen LogP contribution is -2.03. The number of unbranched alkanes of at least 4 members (excludes halogenated alkanes) is 1. The molecular formula is C14H19IO3. The fourth-order valence-electron chi connectivity index (χ4n) is 1.70. The van der Waals surface area contributed by atoms with E-state index in [9.17, 15) is 4.79 Å². The molecule has 0 saturated carbocycles. The number of ether oxygens (including phenoxy) is 2. The van der Waals surface area contributed by atoms with Crippen LogP contribution in [0.1, 0.15) is 31.7 Å². The lowest BCUT2D eigenvalue weighted by molar-refractivity contribution is -0.143. The van der Waals surface area contributed by atoms with Gasteiger partial charge in [-0.15, -0.1) is 0 Å². The van der Waals surface area contributed by atoms with E-state index in [1.165, 1.54) is 5.56 Å². The summed E-state index contributed by atoms with van der Waals surface area (Å²) in [6, 6.07) is 6.19. The second kappa shape index (κ2) is 8.34. The molecule has 0 radical (unpaired) electrons. The van der Waals surface area contributed by atoms with Gasteiger partial charge in [-0.25, -0.2) is 0 Å². The van der Waals surface area contributed by atoms with Crippen molar-refractivity contribution in [1.29, 1.82) is 0 Å². The minimum absolute atomic E-state index is 0.0955. The smallest absolute Gasteiger partial charge is 0.305 e. The Morgan fingerprint density at radius 1 is 1.33 bits per heavy atom. The van der Waals surface area contributed by atoms with E-state index in [0.717, 1.165) is 28.6 Å². The number of carbonyl (C=O) groups is 1. The summed E-state index contributed by atoms with van der Waals surface area (Å²) < 4.78 is 11.2. The second-order valence-electron chi connectivity index (χ2n) is 3.98. The number of aryl methyl sites for hydroxylation is 1. The molecule has 0 aliphatic carbocycles. The SMILES string of the molecule is CCOC(=O)CCCCc1ccc(OC)c(I)c1. The Kier molecular flexibility index (Phi) is 7.08. The van der Waals surface area contributed by atoms with E-state index in [-0.39, 0.29) is 5.97 Å². The van der Waals surface area contributed by atoms with E-state index >= 15 is 0 Å². The molecule has 0 amide bonds. The van der Waals surface area contributed by atoms with Gasteiger partial charge in [0.2, 0.25) is 0 Å². The number of esters is 1. The van der Waals surface area contributed by atoms with Crippen LogP contribution in [-0.2, 0) is 16.0 Å². The number of hydrogen-bond donors (Lipinski definition) is 0. The van der Waals surface area contributed by atoms with Gasteiger partial charge < -0.3 is 9.47 Å². The molecule has 1 aromatic rings. The van der Waals surface area contributed by atoms with Gasteiger partial charge in [0.05, 0.1) is 17.3 Å². The van der Waals surface area contributed by atoms with Crippen LogP contribution in [0, 0.1) is 3.57 Å². The van der Waals surface area contributed by atoms with Crippen LogP contribution in [0.5, 0.6) is 5.75 Å². The highest BCUT2D eigenvalue weighted by atomic mass is 127. The molecule has 0 N–H and O–H groups in total. The zero-order chi connectivity index (χ0) is 13.4. The van der Waals surface area contributed by atoms with Crippen LogP contribution < -0.4 is 4.74 Å². The topological polar surface area (TPSA) is 35.5 Å². The quantitative estimate of drug-likeness (QED) is 0.423. The Morgan fingerprint density at radius 3 is 2.72 bits per heavy atom. The summed E-state index contributed by atoms with van der Waals surface area (Å²) >= 11 is 2.27. The van der Waals surface area contributed by atoms with E-state index < -0.39 is 0 Å². The fourth-order valence-corrected chi connectivity index (χ4v) is 2.50. The molecule has 0 saturated heterocycles. The van der Waals surface area contributed by atoms with Crippen LogP contribution in [0.3, 0.4) is 0 Å². The molecule has 0 atom stereocenters. The molecule has 0 heterocycles. The maximum atomic E-state index is 11.2. The van der Waals surface area contributed by atoms with E-state index in [1.807, 2.05) is 13.0 Å². The number of benzene rings is 1. The average Bonchev–Trinajstić information content (AvgIpc) is 2.35. The van der Waals surface area contributed by atoms with Crippen LogP contribution >= 0.6 is 22.6 Å². The average molecular weight is 362 g/mol. The molecule has 0 aliphatic rings. The Bertz CT molecular complexity index is 391. The number of methoxy groups -OCH3 is 1.